The summed E-state index contributed by atoms with van der Waals surface area (Å²) in [6, 6.07) is 62.2. The van der Waals surface area contributed by atoms with Crippen LogP contribution in [0.25, 0.3) is 100 Å². The summed E-state index contributed by atoms with van der Waals surface area (Å²) in [5.41, 5.74) is 11.7. The fraction of sp³-hybridized carbons (Fsp3) is 0.0392. The lowest BCUT2D eigenvalue weighted by Gasteiger charge is -2.19. The van der Waals surface area contributed by atoms with Crippen LogP contribution in [0.1, 0.15) is 0 Å². The lowest BCUT2D eigenvalue weighted by molar-refractivity contribution is 0.670. The predicted molar refractivity (Wildman–Crippen MR) is 234 cm³/mol. The maximum atomic E-state index is 6.84. The van der Waals surface area contributed by atoms with Gasteiger partial charge < -0.3 is 4.42 Å². The Morgan fingerprint density at radius 2 is 1.00 bits per heavy atom. The number of hydrogen-bond donors (Lipinski definition) is 0. The van der Waals surface area contributed by atoms with Crippen LogP contribution in [0, 0.1) is 0 Å². The lowest BCUT2D eigenvalue weighted by atomic mass is 9.96. The van der Waals surface area contributed by atoms with Crippen LogP contribution in [0.2, 0.25) is 13.1 Å². The monoisotopic (exact) mass is 733 g/mol. The molecule has 0 amide bonds. The molecule has 11 rings (SSSR count). The molecule has 56 heavy (non-hydrogen) atoms. The first-order valence-electron chi connectivity index (χ1n) is 19.1. The summed E-state index contributed by atoms with van der Waals surface area (Å²) >= 11 is 0. The highest BCUT2D eigenvalue weighted by Crippen LogP contribution is 2.44. The van der Waals surface area contributed by atoms with Crippen LogP contribution in [-0.4, -0.2) is 23.0 Å². The summed E-state index contributed by atoms with van der Waals surface area (Å²) < 4.78 is 6.84. The van der Waals surface area contributed by atoms with E-state index in [0.29, 0.717) is 17.5 Å². The summed E-state index contributed by atoms with van der Waals surface area (Å²) in [5, 5.41) is 7.28. The molecule has 0 fully saturated rings. The van der Waals surface area contributed by atoms with Crippen molar-refractivity contribution in [2.75, 3.05) is 0 Å². The second-order valence-electron chi connectivity index (χ2n) is 15.2. The SMILES string of the molecule is C[Si]1(C)c2ccccc2-c2c1cc(-c1nc(-c3ccc(-c4ccccc4)cc3)nc(-c3cccc(-c4cccc5ccccc45)c3)n1)c1c2oc2ccccc21. The average molecular weight is 734 g/mol. The molecule has 5 heteroatoms. The van der Waals surface area contributed by atoms with Gasteiger partial charge in [-0.1, -0.05) is 171 Å². The van der Waals surface area contributed by atoms with E-state index in [0.717, 1.165) is 49.8 Å². The molecule has 0 bridgehead atoms. The number of nitrogens with zero attached hydrogens (tertiary/aromatic N) is 3. The molecule has 0 saturated carbocycles. The van der Waals surface area contributed by atoms with Crippen LogP contribution >= 0.6 is 0 Å². The molecule has 4 nitrogen and oxygen atoms in total. The maximum absolute atomic E-state index is 6.84. The Balaban J connectivity index is 1.16. The van der Waals surface area contributed by atoms with Gasteiger partial charge in [-0.2, -0.15) is 0 Å². The molecule has 0 N–H and O–H groups in total. The summed E-state index contributed by atoms with van der Waals surface area (Å²) in [5.74, 6) is 1.88. The molecular formula is C51H35N3OSi. The van der Waals surface area contributed by atoms with Crippen molar-refractivity contribution in [2.45, 2.75) is 13.1 Å². The number of aromatic nitrogens is 3. The maximum Gasteiger partial charge on any atom is 0.164 e. The highest BCUT2D eigenvalue weighted by Gasteiger charge is 2.40. The van der Waals surface area contributed by atoms with Crippen LogP contribution in [0.4, 0.5) is 0 Å². The Bertz CT molecular complexity index is 3160. The van der Waals surface area contributed by atoms with Gasteiger partial charge in [-0.15, -0.1) is 0 Å². The van der Waals surface area contributed by atoms with E-state index in [-0.39, 0.29) is 0 Å². The summed E-state index contributed by atoms with van der Waals surface area (Å²) in [6.45, 7) is 4.88. The topological polar surface area (TPSA) is 51.8 Å². The van der Waals surface area contributed by atoms with E-state index in [9.17, 15) is 0 Å². The first-order valence-corrected chi connectivity index (χ1v) is 22.1. The molecule has 0 aliphatic carbocycles. The Morgan fingerprint density at radius 3 is 1.86 bits per heavy atom. The van der Waals surface area contributed by atoms with Crippen molar-refractivity contribution in [3.8, 4) is 67.5 Å². The number of benzene rings is 8. The summed E-state index contributed by atoms with van der Waals surface area (Å²) in [7, 11) is -2.10. The summed E-state index contributed by atoms with van der Waals surface area (Å²) in [4.78, 5) is 15.9. The van der Waals surface area contributed by atoms with Gasteiger partial charge in [-0.3, -0.25) is 0 Å². The lowest BCUT2D eigenvalue weighted by Crippen LogP contribution is -2.49. The molecule has 0 unspecified atom stereocenters. The van der Waals surface area contributed by atoms with Crippen molar-refractivity contribution in [2.24, 2.45) is 0 Å². The van der Waals surface area contributed by atoms with E-state index in [4.69, 9.17) is 19.4 Å². The second kappa shape index (κ2) is 12.6. The molecule has 0 atom stereocenters. The van der Waals surface area contributed by atoms with Crippen LogP contribution in [0.15, 0.2) is 180 Å². The zero-order valence-electron chi connectivity index (χ0n) is 31.0. The fourth-order valence-electron chi connectivity index (χ4n) is 8.73. The molecule has 2 aromatic heterocycles. The van der Waals surface area contributed by atoms with Gasteiger partial charge in [0, 0.05) is 33.0 Å². The number of furan rings is 1. The molecule has 264 valence electrons. The minimum atomic E-state index is -2.10. The Morgan fingerprint density at radius 1 is 0.411 bits per heavy atom. The van der Waals surface area contributed by atoms with E-state index in [1.165, 1.54) is 43.4 Å². The van der Waals surface area contributed by atoms with Crippen LogP contribution in [-0.2, 0) is 0 Å². The van der Waals surface area contributed by atoms with Gasteiger partial charge in [0.2, 0.25) is 0 Å². The van der Waals surface area contributed by atoms with Crippen LogP contribution in [0.5, 0.6) is 0 Å². The standard InChI is InChI=1S/C51H35N3OSi/c1-56(2)44-25-11-9-22-41(44)47-45(56)31-42(46-40-21-8-10-24-43(40)55-48(46)47)51-53-49(35-28-26-33(27-29-35)32-14-4-3-5-15-32)52-50(54-51)37-19-12-18-36(30-37)39-23-13-17-34-16-6-7-20-38(34)39/h3-31H,1-2H3. The molecule has 8 aromatic carbocycles. The van der Waals surface area contributed by atoms with E-state index < -0.39 is 8.07 Å². The smallest absolute Gasteiger partial charge is 0.164 e. The minimum Gasteiger partial charge on any atom is -0.455 e. The first-order chi connectivity index (χ1) is 27.5. The zero-order valence-corrected chi connectivity index (χ0v) is 32.0. The Kier molecular flexibility index (Phi) is 7.28. The van der Waals surface area contributed by atoms with Gasteiger partial charge in [0.1, 0.15) is 19.2 Å². The van der Waals surface area contributed by atoms with Crippen molar-refractivity contribution in [3.63, 3.8) is 0 Å². The number of hydrogen-bond acceptors (Lipinski definition) is 4. The quantitative estimate of drug-likeness (QED) is 0.165. The second-order valence-corrected chi connectivity index (χ2v) is 19.5. The molecule has 0 saturated heterocycles. The Labute approximate surface area is 325 Å². The van der Waals surface area contributed by atoms with Gasteiger partial charge in [0.15, 0.2) is 17.5 Å². The van der Waals surface area contributed by atoms with E-state index in [2.05, 4.69) is 177 Å². The van der Waals surface area contributed by atoms with Gasteiger partial charge >= 0.3 is 0 Å². The first kappa shape index (κ1) is 32.5. The largest absolute Gasteiger partial charge is 0.455 e. The number of fused-ring (bicyclic) bond motifs is 8. The van der Waals surface area contributed by atoms with Crippen molar-refractivity contribution < 1.29 is 4.42 Å². The van der Waals surface area contributed by atoms with Gasteiger partial charge in [0.05, 0.1) is 0 Å². The molecule has 3 heterocycles. The highest BCUT2D eigenvalue weighted by atomic mass is 28.3. The van der Waals surface area contributed by atoms with Crippen molar-refractivity contribution >= 4 is 51.2 Å². The third kappa shape index (κ3) is 5.09. The molecule has 10 aromatic rings. The molecule has 0 spiro atoms. The van der Waals surface area contributed by atoms with E-state index >= 15 is 0 Å². The number of rotatable bonds is 5. The van der Waals surface area contributed by atoms with Gasteiger partial charge in [0.25, 0.3) is 0 Å². The van der Waals surface area contributed by atoms with Crippen molar-refractivity contribution in [3.05, 3.63) is 176 Å². The molecule has 1 aliphatic rings. The van der Waals surface area contributed by atoms with E-state index in [1.54, 1.807) is 0 Å². The molecule has 0 radical (unpaired) electrons. The van der Waals surface area contributed by atoms with Gasteiger partial charge in [-0.25, -0.2) is 15.0 Å². The fourth-order valence-corrected chi connectivity index (χ4v) is 11.8. The normalized spacial score (nSPS) is 13.0. The van der Waals surface area contributed by atoms with E-state index in [1.807, 2.05) is 12.1 Å². The predicted octanol–water partition coefficient (Wildman–Crippen LogP) is 12.1. The number of para-hydroxylation sites is 1. The third-order valence-electron chi connectivity index (χ3n) is 11.5. The highest BCUT2D eigenvalue weighted by molar-refractivity contribution is 7.04. The van der Waals surface area contributed by atoms with Crippen LogP contribution < -0.4 is 10.4 Å². The minimum absolute atomic E-state index is 0.625. The van der Waals surface area contributed by atoms with Gasteiger partial charge in [-0.05, 0) is 67.2 Å². The molecular weight excluding hydrogens is 699 g/mol. The van der Waals surface area contributed by atoms with Crippen LogP contribution in [0.3, 0.4) is 0 Å². The average Bonchev–Trinajstić information content (AvgIpc) is 3.76. The van der Waals surface area contributed by atoms with Crippen molar-refractivity contribution in [1.82, 2.24) is 15.0 Å². The van der Waals surface area contributed by atoms with Crippen molar-refractivity contribution in [1.29, 1.82) is 0 Å². The zero-order chi connectivity index (χ0) is 37.4. The molecule has 1 aliphatic heterocycles. The Hall–Kier alpha value is -6.95. The third-order valence-corrected chi connectivity index (χ3v) is 15.1. The summed E-state index contributed by atoms with van der Waals surface area (Å²) in [6.07, 6.45) is 0.